The van der Waals surface area contributed by atoms with E-state index in [-0.39, 0.29) is 23.8 Å². The highest BCUT2D eigenvalue weighted by molar-refractivity contribution is 5.86. The van der Waals surface area contributed by atoms with Crippen LogP contribution in [-0.4, -0.2) is 36.5 Å². The summed E-state index contributed by atoms with van der Waals surface area (Å²) in [5, 5.41) is 0. The van der Waals surface area contributed by atoms with E-state index in [0.717, 1.165) is 6.42 Å². The number of amides is 1. The van der Waals surface area contributed by atoms with Gasteiger partial charge in [-0.25, -0.2) is 0 Å². The minimum absolute atomic E-state index is 0.0646. The molecule has 0 aromatic carbocycles. The van der Waals surface area contributed by atoms with E-state index in [0.29, 0.717) is 13.0 Å². The summed E-state index contributed by atoms with van der Waals surface area (Å²) >= 11 is 0. The van der Waals surface area contributed by atoms with Gasteiger partial charge in [-0.05, 0) is 13.3 Å². The predicted molar refractivity (Wildman–Crippen MR) is 51.6 cm³/mol. The minimum Gasteiger partial charge on any atom is -0.469 e. The van der Waals surface area contributed by atoms with Crippen molar-refractivity contribution in [3.05, 3.63) is 0 Å². The average Bonchev–Trinajstić information content (AvgIpc) is 2.58. The van der Waals surface area contributed by atoms with E-state index in [1.807, 2.05) is 13.8 Å². The summed E-state index contributed by atoms with van der Waals surface area (Å²) in [5.74, 6) is -0.472. The van der Waals surface area contributed by atoms with Crippen LogP contribution in [0.4, 0.5) is 0 Å². The maximum absolute atomic E-state index is 11.5. The Kier molecular flexibility index (Phi) is 3.49. The molecule has 4 nitrogen and oxygen atoms in total. The molecule has 0 unspecified atom stereocenters. The van der Waals surface area contributed by atoms with Crippen molar-refractivity contribution in [1.82, 2.24) is 4.90 Å². The summed E-state index contributed by atoms with van der Waals surface area (Å²) in [6, 6.07) is 0.220. The van der Waals surface area contributed by atoms with Gasteiger partial charge in [-0.15, -0.1) is 0 Å². The summed E-state index contributed by atoms with van der Waals surface area (Å²) in [5.41, 5.74) is 0. The predicted octanol–water partition coefficient (Wildman–Crippen LogP) is 0.806. The van der Waals surface area contributed by atoms with E-state index >= 15 is 0 Å². The Morgan fingerprint density at radius 3 is 2.86 bits per heavy atom. The van der Waals surface area contributed by atoms with Gasteiger partial charge in [-0.1, -0.05) is 6.92 Å². The van der Waals surface area contributed by atoms with Crippen molar-refractivity contribution in [2.75, 3.05) is 13.7 Å². The lowest BCUT2D eigenvalue weighted by Gasteiger charge is -2.23. The van der Waals surface area contributed by atoms with Crippen LogP contribution in [0.1, 0.15) is 26.7 Å². The van der Waals surface area contributed by atoms with Crippen LogP contribution >= 0.6 is 0 Å². The Hall–Kier alpha value is -1.06. The van der Waals surface area contributed by atoms with Crippen molar-refractivity contribution in [2.45, 2.75) is 32.7 Å². The molecule has 0 bridgehead atoms. The van der Waals surface area contributed by atoms with Gasteiger partial charge in [-0.2, -0.15) is 0 Å². The first-order chi connectivity index (χ1) is 6.60. The number of carbonyl (C=O) groups excluding carboxylic acids is 2. The first kappa shape index (κ1) is 11.0. The fourth-order valence-corrected chi connectivity index (χ4v) is 1.70. The fourth-order valence-electron chi connectivity index (χ4n) is 1.70. The van der Waals surface area contributed by atoms with Gasteiger partial charge < -0.3 is 9.64 Å². The summed E-state index contributed by atoms with van der Waals surface area (Å²) in [6.07, 6.45) is 1.22. The summed E-state index contributed by atoms with van der Waals surface area (Å²) in [7, 11) is 1.36. The largest absolute Gasteiger partial charge is 0.469 e. The normalized spacial score (nSPS) is 23.8. The van der Waals surface area contributed by atoms with Gasteiger partial charge in [0.05, 0.1) is 13.0 Å². The van der Waals surface area contributed by atoms with Crippen molar-refractivity contribution in [2.24, 2.45) is 5.92 Å². The Morgan fingerprint density at radius 1 is 1.71 bits per heavy atom. The maximum Gasteiger partial charge on any atom is 0.310 e. The molecule has 1 fully saturated rings. The highest BCUT2D eigenvalue weighted by Gasteiger charge is 2.36. The summed E-state index contributed by atoms with van der Waals surface area (Å²) < 4.78 is 4.63. The monoisotopic (exact) mass is 199 g/mol. The molecular formula is C10H17NO3. The SMILES string of the molecule is CC[C@H](C)N1C[C@@H](C(=O)OC)CC1=O. The van der Waals surface area contributed by atoms with E-state index in [1.54, 1.807) is 4.90 Å². The second-order valence-electron chi connectivity index (χ2n) is 3.73. The van der Waals surface area contributed by atoms with Gasteiger partial charge in [0, 0.05) is 19.0 Å². The van der Waals surface area contributed by atoms with Crippen LogP contribution in [0.5, 0.6) is 0 Å². The second-order valence-corrected chi connectivity index (χ2v) is 3.73. The van der Waals surface area contributed by atoms with E-state index in [4.69, 9.17) is 0 Å². The Bertz CT molecular complexity index is 240. The maximum atomic E-state index is 11.5. The van der Waals surface area contributed by atoms with E-state index in [9.17, 15) is 9.59 Å². The van der Waals surface area contributed by atoms with E-state index in [1.165, 1.54) is 7.11 Å². The molecule has 0 spiro atoms. The number of hydrogen-bond acceptors (Lipinski definition) is 3. The third-order valence-electron chi connectivity index (χ3n) is 2.82. The van der Waals surface area contributed by atoms with Crippen LogP contribution in [0, 0.1) is 5.92 Å². The lowest BCUT2D eigenvalue weighted by atomic mass is 10.1. The third kappa shape index (κ3) is 2.05. The van der Waals surface area contributed by atoms with Crippen LogP contribution in [0.2, 0.25) is 0 Å². The standard InChI is InChI=1S/C10H17NO3/c1-4-7(2)11-6-8(5-9(11)12)10(13)14-3/h7-8H,4-6H2,1-3H3/t7-,8-/m0/s1. The highest BCUT2D eigenvalue weighted by Crippen LogP contribution is 2.22. The molecule has 0 N–H and O–H groups in total. The molecule has 1 aliphatic heterocycles. The number of ether oxygens (including phenoxy) is 1. The topological polar surface area (TPSA) is 46.6 Å². The van der Waals surface area contributed by atoms with Crippen molar-refractivity contribution >= 4 is 11.9 Å². The molecule has 2 atom stereocenters. The molecule has 1 heterocycles. The Labute approximate surface area is 84.2 Å². The van der Waals surface area contributed by atoms with Crippen molar-refractivity contribution < 1.29 is 14.3 Å². The minimum atomic E-state index is -0.274. The lowest BCUT2D eigenvalue weighted by Crippen LogP contribution is -2.34. The Balaban J connectivity index is 2.60. The number of rotatable bonds is 3. The average molecular weight is 199 g/mol. The zero-order valence-electron chi connectivity index (χ0n) is 8.95. The molecule has 1 saturated heterocycles. The number of methoxy groups -OCH3 is 1. The molecule has 0 aromatic heterocycles. The molecule has 1 amide bonds. The molecule has 1 aliphatic rings. The van der Waals surface area contributed by atoms with E-state index < -0.39 is 0 Å². The number of esters is 1. The zero-order chi connectivity index (χ0) is 10.7. The number of nitrogens with zero attached hydrogens (tertiary/aromatic N) is 1. The molecule has 0 saturated carbocycles. The van der Waals surface area contributed by atoms with Gasteiger partial charge in [-0.3, -0.25) is 9.59 Å². The van der Waals surface area contributed by atoms with Crippen LogP contribution in [0.25, 0.3) is 0 Å². The molecule has 0 aliphatic carbocycles. The van der Waals surface area contributed by atoms with Crippen molar-refractivity contribution in [3.8, 4) is 0 Å². The molecule has 0 radical (unpaired) electrons. The quantitative estimate of drug-likeness (QED) is 0.632. The number of carbonyl (C=O) groups is 2. The van der Waals surface area contributed by atoms with Crippen LogP contribution in [0.3, 0.4) is 0 Å². The third-order valence-corrected chi connectivity index (χ3v) is 2.82. The molecule has 80 valence electrons. The first-order valence-electron chi connectivity index (χ1n) is 4.97. The van der Waals surface area contributed by atoms with Gasteiger partial charge in [0.25, 0.3) is 0 Å². The zero-order valence-corrected chi connectivity index (χ0v) is 8.95. The van der Waals surface area contributed by atoms with Gasteiger partial charge >= 0.3 is 5.97 Å². The molecular weight excluding hydrogens is 182 g/mol. The van der Waals surface area contributed by atoms with Crippen LogP contribution < -0.4 is 0 Å². The van der Waals surface area contributed by atoms with Crippen LogP contribution in [-0.2, 0) is 14.3 Å². The summed E-state index contributed by atoms with van der Waals surface area (Å²) in [6.45, 7) is 4.54. The van der Waals surface area contributed by atoms with Gasteiger partial charge in [0.15, 0.2) is 0 Å². The van der Waals surface area contributed by atoms with Gasteiger partial charge in [0.1, 0.15) is 0 Å². The Morgan fingerprint density at radius 2 is 2.36 bits per heavy atom. The van der Waals surface area contributed by atoms with Crippen molar-refractivity contribution in [1.29, 1.82) is 0 Å². The second kappa shape index (κ2) is 4.44. The molecule has 0 aromatic rings. The van der Waals surface area contributed by atoms with Gasteiger partial charge in [0.2, 0.25) is 5.91 Å². The molecule has 14 heavy (non-hydrogen) atoms. The fraction of sp³-hybridized carbons (Fsp3) is 0.800. The van der Waals surface area contributed by atoms with Crippen molar-refractivity contribution in [3.63, 3.8) is 0 Å². The first-order valence-corrected chi connectivity index (χ1v) is 4.97. The van der Waals surface area contributed by atoms with Crippen LogP contribution in [0.15, 0.2) is 0 Å². The number of hydrogen-bond donors (Lipinski definition) is 0. The molecule has 4 heteroatoms. The highest BCUT2D eigenvalue weighted by atomic mass is 16.5. The lowest BCUT2D eigenvalue weighted by molar-refractivity contribution is -0.145. The molecule has 1 rings (SSSR count). The smallest absolute Gasteiger partial charge is 0.310 e. The summed E-state index contributed by atoms with van der Waals surface area (Å²) in [4.78, 5) is 24.5. The number of likely N-dealkylation sites (tertiary alicyclic amines) is 1. The van der Waals surface area contributed by atoms with E-state index in [2.05, 4.69) is 4.74 Å².